The van der Waals surface area contributed by atoms with Gasteiger partial charge in [0, 0.05) is 13.0 Å². The Morgan fingerprint density at radius 3 is 2.50 bits per heavy atom. The maximum Gasteiger partial charge on any atom is 0.328 e. The number of hydrogen-bond acceptors (Lipinski definition) is 3. The molecule has 1 aliphatic carbocycles. The fourth-order valence-corrected chi connectivity index (χ4v) is 2.98. The van der Waals surface area contributed by atoms with E-state index < -0.39 is 12.0 Å². The molecule has 1 amide bonds. The van der Waals surface area contributed by atoms with Gasteiger partial charge >= 0.3 is 5.97 Å². The molecule has 2 atom stereocenters. The predicted octanol–water partition coefficient (Wildman–Crippen LogP) is 2.20. The van der Waals surface area contributed by atoms with Crippen LogP contribution < -0.4 is 5.32 Å². The number of aliphatic carboxylic acids is 1. The molecule has 0 radical (unpaired) electrons. The van der Waals surface area contributed by atoms with Gasteiger partial charge in [0.05, 0.1) is 6.61 Å². The molecule has 5 nitrogen and oxygen atoms in total. The maximum absolute atomic E-state index is 12.3. The molecule has 0 aromatic rings. The van der Waals surface area contributed by atoms with Gasteiger partial charge in [-0.1, -0.05) is 39.0 Å². The fraction of sp³-hybridized carbons (Fsp3) is 0.867. The first-order valence-corrected chi connectivity index (χ1v) is 7.60. The van der Waals surface area contributed by atoms with Gasteiger partial charge in [-0.2, -0.15) is 0 Å². The van der Waals surface area contributed by atoms with E-state index in [0.29, 0.717) is 5.92 Å². The summed E-state index contributed by atoms with van der Waals surface area (Å²) in [5.74, 6) is -0.621. The summed E-state index contributed by atoms with van der Waals surface area (Å²) in [4.78, 5) is 23.3. The number of hydrogen-bond donors (Lipinski definition) is 2. The van der Waals surface area contributed by atoms with Gasteiger partial charge in [0.15, 0.2) is 6.04 Å². The average Bonchev–Trinajstić information content (AvgIpc) is 2.90. The van der Waals surface area contributed by atoms with Crippen molar-refractivity contribution in [3.8, 4) is 0 Å². The lowest BCUT2D eigenvalue weighted by atomic mass is 9.89. The Hall–Kier alpha value is -1.10. The number of nitrogens with one attached hydrogen (secondary N) is 1. The Balaban J connectivity index is 2.54. The number of carboxylic acids is 1. The van der Waals surface area contributed by atoms with Crippen molar-refractivity contribution in [1.29, 1.82) is 0 Å². The summed E-state index contributed by atoms with van der Waals surface area (Å²) in [6.07, 6.45) is 7.56. The minimum absolute atomic E-state index is 0.00332. The van der Waals surface area contributed by atoms with Gasteiger partial charge in [0.25, 0.3) is 0 Å². The molecule has 1 fully saturated rings. The number of carbonyl (C=O) groups is 2. The van der Waals surface area contributed by atoms with Crippen LogP contribution in [0.2, 0.25) is 0 Å². The normalized spacial score (nSPS) is 18.7. The van der Waals surface area contributed by atoms with E-state index >= 15 is 0 Å². The molecule has 116 valence electrons. The topological polar surface area (TPSA) is 75.6 Å². The number of carboxylic acid groups (broad SMARTS) is 1. The molecule has 0 aliphatic heterocycles. The second-order valence-electron chi connectivity index (χ2n) is 5.73. The maximum atomic E-state index is 12.3. The Morgan fingerprint density at radius 1 is 1.35 bits per heavy atom. The third-order valence-electron chi connectivity index (χ3n) is 4.05. The SMILES string of the molecule is CCCC(CC1CCCC1)C(=O)NC(COC)C(=O)O. The van der Waals surface area contributed by atoms with Crippen LogP contribution in [-0.4, -0.2) is 36.7 Å². The van der Waals surface area contributed by atoms with Gasteiger partial charge in [-0.25, -0.2) is 4.79 Å². The summed E-state index contributed by atoms with van der Waals surface area (Å²) in [5.41, 5.74) is 0. The Morgan fingerprint density at radius 2 is 2.00 bits per heavy atom. The molecular formula is C15H27NO4. The Kier molecular flexibility index (Phi) is 7.59. The van der Waals surface area contributed by atoms with Gasteiger partial charge in [-0.15, -0.1) is 0 Å². The zero-order valence-corrected chi connectivity index (χ0v) is 12.6. The van der Waals surface area contributed by atoms with E-state index in [1.54, 1.807) is 0 Å². The van der Waals surface area contributed by atoms with E-state index in [2.05, 4.69) is 12.2 Å². The van der Waals surface area contributed by atoms with E-state index in [1.807, 2.05) is 0 Å². The first kappa shape index (κ1) is 17.0. The summed E-state index contributed by atoms with van der Waals surface area (Å²) in [5, 5.41) is 11.7. The highest BCUT2D eigenvalue weighted by Gasteiger charge is 2.28. The van der Waals surface area contributed by atoms with Crippen LogP contribution in [0.5, 0.6) is 0 Å². The molecule has 0 aromatic carbocycles. The van der Waals surface area contributed by atoms with Gasteiger partial charge in [0.1, 0.15) is 0 Å². The lowest BCUT2D eigenvalue weighted by molar-refractivity contribution is -0.144. The van der Waals surface area contributed by atoms with E-state index in [-0.39, 0.29) is 18.4 Å². The second-order valence-corrected chi connectivity index (χ2v) is 5.73. The first-order valence-electron chi connectivity index (χ1n) is 7.60. The average molecular weight is 285 g/mol. The molecule has 0 bridgehead atoms. The van der Waals surface area contributed by atoms with Crippen molar-refractivity contribution in [2.45, 2.75) is 57.9 Å². The van der Waals surface area contributed by atoms with E-state index in [9.17, 15) is 9.59 Å². The molecular weight excluding hydrogens is 258 g/mol. The highest BCUT2D eigenvalue weighted by Crippen LogP contribution is 2.31. The van der Waals surface area contributed by atoms with Gasteiger partial charge < -0.3 is 15.2 Å². The molecule has 2 N–H and O–H groups in total. The van der Waals surface area contributed by atoms with Gasteiger partial charge in [0.2, 0.25) is 5.91 Å². The smallest absolute Gasteiger partial charge is 0.328 e. The van der Waals surface area contributed by atoms with Crippen molar-refractivity contribution in [1.82, 2.24) is 5.32 Å². The van der Waals surface area contributed by atoms with Crippen LogP contribution >= 0.6 is 0 Å². The van der Waals surface area contributed by atoms with Crippen LogP contribution in [0.15, 0.2) is 0 Å². The Labute approximate surface area is 121 Å². The molecule has 20 heavy (non-hydrogen) atoms. The van der Waals surface area contributed by atoms with Crippen LogP contribution in [0.3, 0.4) is 0 Å². The first-order chi connectivity index (χ1) is 9.58. The van der Waals surface area contributed by atoms with Gasteiger partial charge in [-0.05, 0) is 18.8 Å². The standard InChI is InChI=1S/C15H27NO4/c1-3-6-12(9-11-7-4-5-8-11)14(17)16-13(10-20-2)15(18)19/h11-13H,3-10H2,1-2H3,(H,16,17)(H,18,19). The van der Waals surface area contributed by atoms with E-state index in [1.165, 1.54) is 32.8 Å². The number of carbonyl (C=O) groups excluding carboxylic acids is 1. The minimum atomic E-state index is -1.05. The fourth-order valence-electron chi connectivity index (χ4n) is 2.98. The van der Waals surface area contributed by atoms with Crippen LogP contribution in [0.1, 0.15) is 51.9 Å². The highest BCUT2D eigenvalue weighted by molar-refractivity contribution is 5.85. The summed E-state index contributed by atoms with van der Waals surface area (Å²) in [6, 6.07) is -0.949. The summed E-state index contributed by atoms with van der Waals surface area (Å²) < 4.78 is 4.84. The van der Waals surface area contributed by atoms with Crippen molar-refractivity contribution >= 4 is 11.9 Å². The van der Waals surface area contributed by atoms with Crippen LogP contribution in [0.25, 0.3) is 0 Å². The molecule has 0 heterocycles. The second kappa shape index (κ2) is 8.95. The largest absolute Gasteiger partial charge is 0.480 e. The van der Waals surface area contributed by atoms with Crippen LogP contribution in [-0.2, 0) is 14.3 Å². The molecule has 1 saturated carbocycles. The zero-order valence-electron chi connectivity index (χ0n) is 12.6. The molecule has 1 rings (SSSR count). The van der Waals surface area contributed by atoms with Crippen LogP contribution in [0, 0.1) is 11.8 Å². The lowest BCUT2D eigenvalue weighted by Crippen LogP contribution is -2.46. The van der Waals surface area contributed by atoms with Crippen molar-refractivity contribution in [2.75, 3.05) is 13.7 Å². The molecule has 0 spiro atoms. The molecule has 0 aromatic heterocycles. The zero-order chi connectivity index (χ0) is 15.0. The lowest BCUT2D eigenvalue weighted by Gasteiger charge is -2.22. The van der Waals surface area contributed by atoms with Crippen LogP contribution in [0.4, 0.5) is 0 Å². The molecule has 1 aliphatic rings. The summed E-state index contributed by atoms with van der Waals surface area (Å²) >= 11 is 0. The number of rotatable bonds is 9. The number of methoxy groups -OCH3 is 1. The minimum Gasteiger partial charge on any atom is -0.480 e. The molecule has 5 heteroatoms. The quantitative estimate of drug-likeness (QED) is 0.681. The number of ether oxygens (including phenoxy) is 1. The predicted molar refractivity (Wildman–Crippen MR) is 76.4 cm³/mol. The van der Waals surface area contributed by atoms with E-state index in [4.69, 9.17) is 9.84 Å². The van der Waals surface area contributed by atoms with Gasteiger partial charge in [-0.3, -0.25) is 4.79 Å². The summed E-state index contributed by atoms with van der Waals surface area (Å²) in [7, 11) is 1.43. The van der Waals surface area contributed by atoms with Crippen molar-refractivity contribution in [3.63, 3.8) is 0 Å². The molecule has 2 unspecified atom stereocenters. The third-order valence-corrected chi connectivity index (χ3v) is 4.05. The number of amides is 1. The Bertz CT molecular complexity index is 313. The van der Waals surface area contributed by atoms with Crippen molar-refractivity contribution < 1.29 is 19.4 Å². The monoisotopic (exact) mass is 285 g/mol. The van der Waals surface area contributed by atoms with Crippen molar-refractivity contribution in [2.24, 2.45) is 11.8 Å². The van der Waals surface area contributed by atoms with Crippen molar-refractivity contribution in [3.05, 3.63) is 0 Å². The van der Waals surface area contributed by atoms with E-state index in [0.717, 1.165) is 19.3 Å². The third kappa shape index (κ3) is 5.49. The molecule has 0 saturated heterocycles. The summed E-state index contributed by atoms with van der Waals surface area (Å²) in [6.45, 7) is 2.06. The highest BCUT2D eigenvalue weighted by atomic mass is 16.5.